The van der Waals surface area contributed by atoms with Gasteiger partial charge in [-0.15, -0.1) is 6.58 Å². The Morgan fingerprint density at radius 1 is 1.38 bits per heavy atom. The van der Waals surface area contributed by atoms with E-state index in [4.69, 9.17) is 0 Å². The van der Waals surface area contributed by atoms with Crippen LogP contribution in [0.15, 0.2) is 12.7 Å². The zero-order chi connectivity index (χ0) is 12.0. The quantitative estimate of drug-likeness (QED) is 0.527. The van der Waals surface area contributed by atoms with Crippen molar-refractivity contribution in [3.8, 4) is 0 Å². The van der Waals surface area contributed by atoms with Crippen molar-refractivity contribution in [2.24, 2.45) is 11.3 Å². The zero-order valence-corrected chi connectivity index (χ0v) is 11.4. The van der Waals surface area contributed by atoms with Crippen LogP contribution in [0.1, 0.15) is 58.8 Å². The van der Waals surface area contributed by atoms with E-state index in [1.807, 2.05) is 6.08 Å². The molecular weight excluding hydrogens is 194 g/mol. The maximum absolute atomic E-state index is 3.79. The Labute approximate surface area is 102 Å². The van der Waals surface area contributed by atoms with E-state index in [0.29, 0.717) is 5.41 Å². The molecule has 1 unspecified atom stereocenters. The molecule has 0 spiro atoms. The van der Waals surface area contributed by atoms with Crippen LogP contribution < -0.4 is 5.32 Å². The van der Waals surface area contributed by atoms with Crippen LogP contribution in [0.5, 0.6) is 0 Å². The van der Waals surface area contributed by atoms with E-state index in [9.17, 15) is 0 Å². The monoisotopic (exact) mass is 223 g/mol. The predicted octanol–water partition coefficient (Wildman–Crippen LogP) is 4.15. The van der Waals surface area contributed by atoms with E-state index in [-0.39, 0.29) is 0 Å². The topological polar surface area (TPSA) is 12.0 Å². The van der Waals surface area contributed by atoms with Gasteiger partial charge in [0.25, 0.3) is 0 Å². The Bertz CT molecular complexity index is 197. The molecule has 1 aliphatic rings. The van der Waals surface area contributed by atoms with Gasteiger partial charge in [-0.05, 0) is 63.3 Å². The van der Waals surface area contributed by atoms with Crippen LogP contribution in [0, 0.1) is 11.3 Å². The van der Waals surface area contributed by atoms with Crippen LogP contribution in [0.4, 0.5) is 0 Å². The SMILES string of the molecule is C=CCCCC(NC)C1CCC(C)(C)CC1. The number of hydrogen-bond donors (Lipinski definition) is 1. The number of nitrogens with one attached hydrogen (secondary N) is 1. The molecule has 1 fully saturated rings. The van der Waals surface area contributed by atoms with Gasteiger partial charge in [0.15, 0.2) is 0 Å². The third-order valence-corrected chi connectivity index (χ3v) is 4.25. The molecule has 94 valence electrons. The Morgan fingerprint density at radius 2 is 2.00 bits per heavy atom. The number of unbranched alkanes of at least 4 members (excludes halogenated alkanes) is 1. The lowest BCUT2D eigenvalue weighted by Crippen LogP contribution is -2.37. The van der Waals surface area contributed by atoms with E-state index < -0.39 is 0 Å². The Morgan fingerprint density at radius 3 is 2.50 bits per heavy atom. The molecule has 16 heavy (non-hydrogen) atoms. The van der Waals surface area contributed by atoms with Gasteiger partial charge in [0.2, 0.25) is 0 Å². The Balaban J connectivity index is 2.33. The molecular formula is C15H29N. The van der Waals surface area contributed by atoms with Gasteiger partial charge in [-0.3, -0.25) is 0 Å². The lowest BCUT2D eigenvalue weighted by molar-refractivity contribution is 0.160. The zero-order valence-electron chi connectivity index (χ0n) is 11.4. The molecule has 1 heteroatoms. The highest BCUT2D eigenvalue weighted by Gasteiger charge is 2.30. The number of allylic oxidation sites excluding steroid dienone is 1. The molecule has 1 nitrogen and oxygen atoms in total. The summed E-state index contributed by atoms with van der Waals surface area (Å²) >= 11 is 0. The molecule has 0 amide bonds. The second-order valence-electron chi connectivity index (χ2n) is 6.12. The van der Waals surface area contributed by atoms with Gasteiger partial charge in [0, 0.05) is 6.04 Å². The fourth-order valence-electron chi connectivity index (χ4n) is 2.92. The first-order chi connectivity index (χ1) is 7.59. The summed E-state index contributed by atoms with van der Waals surface area (Å²) in [5.74, 6) is 0.905. The van der Waals surface area contributed by atoms with Gasteiger partial charge < -0.3 is 5.32 Å². The summed E-state index contributed by atoms with van der Waals surface area (Å²) in [4.78, 5) is 0. The largest absolute Gasteiger partial charge is 0.317 e. The van der Waals surface area contributed by atoms with Crippen LogP contribution in [0.25, 0.3) is 0 Å². The van der Waals surface area contributed by atoms with E-state index in [1.54, 1.807) is 0 Å². The smallest absolute Gasteiger partial charge is 0.00924 e. The molecule has 0 aliphatic heterocycles. The highest BCUT2D eigenvalue weighted by Crippen LogP contribution is 2.39. The first-order valence-corrected chi connectivity index (χ1v) is 6.87. The maximum Gasteiger partial charge on any atom is 0.00924 e. The first-order valence-electron chi connectivity index (χ1n) is 6.87. The molecule has 0 aromatic carbocycles. The van der Waals surface area contributed by atoms with Crippen molar-refractivity contribution in [2.45, 2.75) is 64.8 Å². The average molecular weight is 223 g/mol. The minimum atomic E-state index is 0.593. The van der Waals surface area contributed by atoms with Crippen LogP contribution >= 0.6 is 0 Å². The minimum Gasteiger partial charge on any atom is -0.317 e. The van der Waals surface area contributed by atoms with Crippen molar-refractivity contribution in [1.29, 1.82) is 0 Å². The van der Waals surface area contributed by atoms with Gasteiger partial charge in [-0.25, -0.2) is 0 Å². The second kappa shape index (κ2) is 6.44. The molecule has 0 saturated heterocycles. The normalized spacial score (nSPS) is 22.9. The summed E-state index contributed by atoms with van der Waals surface area (Å²) in [6.45, 7) is 8.62. The maximum atomic E-state index is 3.79. The van der Waals surface area contributed by atoms with Gasteiger partial charge in [0.1, 0.15) is 0 Å². The fraction of sp³-hybridized carbons (Fsp3) is 0.867. The molecule has 0 aromatic rings. The summed E-state index contributed by atoms with van der Waals surface area (Å²) in [5, 5.41) is 3.52. The second-order valence-corrected chi connectivity index (χ2v) is 6.12. The van der Waals surface area contributed by atoms with Crippen molar-refractivity contribution >= 4 is 0 Å². The summed E-state index contributed by atoms with van der Waals surface area (Å²) in [5.41, 5.74) is 0.593. The van der Waals surface area contributed by atoms with Gasteiger partial charge in [-0.2, -0.15) is 0 Å². The van der Waals surface area contributed by atoms with Crippen molar-refractivity contribution in [1.82, 2.24) is 5.32 Å². The number of rotatable bonds is 6. The molecule has 0 aromatic heterocycles. The van der Waals surface area contributed by atoms with Crippen molar-refractivity contribution in [3.05, 3.63) is 12.7 Å². The summed E-state index contributed by atoms with van der Waals surface area (Å²) in [6.07, 6.45) is 11.4. The van der Waals surface area contributed by atoms with Crippen LogP contribution in [-0.2, 0) is 0 Å². The van der Waals surface area contributed by atoms with E-state index >= 15 is 0 Å². The molecule has 1 atom stereocenters. The molecule has 1 rings (SSSR count). The highest BCUT2D eigenvalue weighted by atomic mass is 14.9. The van der Waals surface area contributed by atoms with E-state index in [0.717, 1.165) is 18.4 Å². The highest BCUT2D eigenvalue weighted by molar-refractivity contribution is 4.85. The molecule has 1 aliphatic carbocycles. The van der Waals surface area contributed by atoms with Crippen molar-refractivity contribution in [2.75, 3.05) is 7.05 Å². The van der Waals surface area contributed by atoms with Gasteiger partial charge in [0.05, 0.1) is 0 Å². The third-order valence-electron chi connectivity index (χ3n) is 4.25. The average Bonchev–Trinajstić information content (AvgIpc) is 2.25. The molecule has 0 heterocycles. The molecule has 0 radical (unpaired) electrons. The summed E-state index contributed by atoms with van der Waals surface area (Å²) < 4.78 is 0. The lowest BCUT2D eigenvalue weighted by atomic mass is 9.70. The lowest BCUT2D eigenvalue weighted by Gasteiger charge is -2.38. The van der Waals surface area contributed by atoms with Crippen molar-refractivity contribution in [3.63, 3.8) is 0 Å². The van der Waals surface area contributed by atoms with E-state index in [1.165, 1.54) is 38.5 Å². The number of hydrogen-bond acceptors (Lipinski definition) is 1. The standard InChI is InChI=1S/C15H29N/c1-5-6-7-8-14(16-4)13-9-11-15(2,3)12-10-13/h5,13-14,16H,1,6-12H2,2-4H3. The van der Waals surface area contributed by atoms with Gasteiger partial charge in [-0.1, -0.05) is 19.9 Å². The molecule has 0 bridgehead atoms. The minimum absolute atomic E-state index is 0.593. The van der Waals surface area contributed by atoms with Crippen LogP contribution in [0.3, 0.4) is 0 Å². The van der Waals surface area contributed by atoms with Crippen LogP contribution in [-0.4, -0.2) is 13.1 Å². The fourth-order valence-corrected chi connectivity index (χ4v) is 2.92. The summed E-state index contributed by atoms with van der Waals surface area (Å²) in [6, 6.07) is 0.732. The first kappa shape index (κ1) is 13.8. The Hall–Kier alpha value is -0.300. The van der Waals surface area contributed by atoms with E-state index in [2.05, 4.69) is 32.8 Å². The van der Waals surface area contributed by atoms with Gasteiger partial charge >= 0.3 is 0 Å². The van der Waals surface area contributed by atoms with Crippen molar-refractivity contribution < 1.29 is 0 Å². The predicted molar refractivity (Wildman–Crippen MR) is 72.6 cm³/mol. The summed E-state index contributed by atoms with van der Waals surface area (Å²) in [7, 11) is 2.12. The molecule has 1 saturated carbocycles. The Kier molecular flexibility index (Phi) is 5.54. The molecule has 1 N–H and O–H groups in total. The van der Waals surface area contributed by atoms with Crippen LogP contribution in [0.2, 0.25) is 0 Å². The third kappa shape index (κ3) is 4.29.